The Kier molecular flexibility index (Phi) is 11.3. The topological polar surface area (TPSA) is 78.2 Å². The smallest absolute Gasteiger partial charge is 0.367 e. The Hall–Kier alpha value is -2.09. The van der Waals surface area contributed by atoms with Crippen molar-refractivity contribution in [3.8, 4) is 0 Å². The summed E-state index contributed by atoms with van der Waals surface area (Å²) in [6, 6.07) is 6.16. The first-order chi connectivity index (χ1) is 18.4. The van der Waals surface area contributed by atoms with Crippen molar-refractivity contribution in [1.29, 1.82) is 0 Å². The van der Waals surface area contributed by atoms with Crippen molar-refractivity contribution in [2.24, 2.45) is 0 Å². The molecule has 0 aromatic carbocycles. The van der Waals surface area contributed by atoms with E-state index in [0.29, 0.717) is 45.1 Å². The number of fused-ring (bicyclic) bond motifs is 1. The third-order valence-corrected chi connectivity index (χ3v) is 10.4. The van der Waals surface area contributed by atoms with Crippen LogP contribution in [0.4, 0.5) is 10.2 Å². The van der Waals surface area contributed by atoms with Crippen LogP contribution in [0.1, 0.15) is 44.2 Å². The Bertz CT molecular complexity index is 1090. The second-order valence-electron chi connectivity index (χ2n) is 12.8. The first kappa shape index (κ1) is 31.4. The van der Waals surface area contributed by atoms with Gasteiger partial charge in [-0.1, -0.05) is 39.3 Å². The quantitative estimate of drug-likeness (QED) is 0.0821. The molecule has 2 heterocycles. The molecule has 3 rings (SSSR count). The predicted octanol–water partition coefficient (Wildman–Crippen LogP) is 6.60. The molecule has 0 spiro atoms. The first-order valence-corrected chi connectivity index (χ1v) is 21.6. The number of ether oxygens (including phenoxy) is 3. The average molecular weight is 579 g/mol. The summed E-state index contributed by atoms with van der Waals surface area (Å²) in [6.07, 6.45) is 4.22. The van der Waals surface area contributed by atoms with Crippen LogP contribution in [-0.2, 0) is 19.0 Å². The van der Waals surface area contributed by atoms with Crippen LogP contribution < -0.4 is 4.90 Å². The Labute approximate surface area is 234 Å². The van der Waals surface area contributed by atoms with E-state index in [4.69, 9.17) is 19.2 Å². The van der Waals surface area contributed by atoms with Gasteiger partial charge in [-0.05, 0) is 50.3 Å². The summed E-state index contributed by atoms with van der Waals surface area (Å²) >= 11 is 0. The molecular formula is C28H47FN4O4Si2. The van der Waals surface area contributed by atoms with Gasteiger partial charge in [-0.25, -0.2) is 9.78 Å². The standard InChI is InChI=1S/C28H47FN4O4Si2/c1-8-37-28(34)27(29)23-11-9-22(10-12-23)24-19-26(33-25(31-24)13-14-30-33)32(20-35-15-17-38(2,3)4)21-36-16-18-39(5,6)7/h13-14,19,22H,8-12,15-18,20-21H2,1-7H3. The molecule has 0 atom stereocenters. The lowest BCUT2D eigenvalue weighted by Gasteiger charge is -2.28. The van der Waals surface area contributed by atoms with Gasteiger partial charge in [-0.2, -0.15) is 14.0 Å². The second-order valence-corrected chi connectivity index (χ2v) is 24.0. The highest BCUT2D eigenvalue weighted by molar-refractivity contribution is 6.76. The zero-order valence-corrected chi connectivity index (χ0v) is 26.9. The van der Waals surface area contributed by atoms with Gasteiger partial charge in [0.1, 0.15) is 19.3 Å². The number of rotatable bonds is 14. The Morgan fingerprint density at radius 3 is 2.18 bits per heavy atom. The van der Waals surface area contributed by atoms with Crippen molar-refractivity contribution in [2.75, 3.05) is 38.2 Å². The van der Waals surface area contributed by atoms with E-state index in [0.717, 1.165) is 42.1 Å². The third-order valence-electron chi connectivity index (χ3n) is 6.94. The molecule has 8 nitrogen and oxygen atoms in total. The Morgan fingerprint density at radius 1 is 1.05 bits per heavy atom. The minimum atomic E-state index is -1.21. The first-order valence-electron chi connectivity index (χ1n) is 14.2. The number of carbonyl (C=O) groups excluding carboxylic acids is 1. The molecule has 0 aliphatic heterocycles. The largest absolute Gasteiger partial charge is 0.461 e. The molecule has 0 amide bonds. The SMILES string of the molecule is CCOC(=O)C(F)=C1CCC(c2cc(N(COCC[Si](C)(C)C)COCC[Si](C)(C)C)n3nccc3n2)CC1. The van der Waals surface area contributed by atoms with Crippen LogP contribution in [0.2, 0.25) is 51.4 Å². The van der Waals surface area contributed by atoms with E-state index in [1.807, 2.05) is 10.6 Å². The summed E-state index contributed by atoms with van der Waals surface area (Å²) in [5.74, 6) is -0.553. The van der Waals surface area contributed by atoms with E-state index in [1.54, 1.807) is 13.1 Å². The lowest BCUT2D eigenvalue weighted by molar-refractivity contribution is -0.140. The minimum Gasteiger partial charge on any atom is -0.461 e. The molecule has 39 heavy (non-hydrogen) atoms. The number of nitrogens with zero attached hydrogens (tertiary/aromatic N) is 4. The molecule has 1 aliphatic rings. The molecule has 1 aliphatic carbocycles. The average Bonchev–Trinajstić information content (AvgIpc) is 3.35. The van der Waals surface area contributed by atoms with Crippen LogP contribution in [0.25, 0.3) is 5.65 Å². The molecule has 1 fully saturated rings. The number of halogens is 1. The summed E-state index contributed by atoms with van der Waals surface area (Å²) < 4.78 is 33.5. The number of hydrogen-bond donors (Lipinski definition) is 0. The van der Waals surface area contributed by atoms with Crippen molar-refractivity contribution < 1.29 is 23.4 Å². The fourth-order valence-corrected chi connectivity index (χ4v) is 5.96. The van der Waals surface area contributed by atoms with Gasteiger partial charge >= 0.3 is 5.97 Å². The van der Waals surface area contributed by atoms with E-state index < -0.39 is 27.9 Å². The molecule has 0 N–H and O–H groups in total. The highest BCUT2D eigenvalue weighted by atomic mass is 28.3. The minimum absolute atomic E-state index is 0.157. The number of allylic oxidation sites excluding steroid dienone is 1. The predicted molar refractivity (Wildman–Crippen MR) is 159 cm³/mol. The Morgan fingerprint density at radius 2 is 1.64 bits per heavy atom. The summed E-state index contributed by atoms with van der Waals surface area (Å²) in [7, 11) is -2.42. The van der Waals surface area contributed by atoms with E-state index in [2.05, 4.69) is 55.3 Å². The van der Waals surface area contributed by atoms with Crippen LogP contribution in [0.3, 0.4) is 0 Å². The van der Waals surface area contributed by atoms with Crippen LogP contribution in [0.5, 0.6) is 0 Å². The number of hydrogen-bond acceptors (Lipinski definition) is 7. The molecule has 218 valence electrons. The summed E-state index contributed by atoms with van der Waals surface area (Å²) in [5.41, 5.74) is 2.25. The van der Waals surface area contributed by atoms with Gasteiger partial charge in [0.15, 0.2) is 5.65 Å². The fraction of sp³-hybridized carbons (Fsp3) is 0.679. The second kappa shape index (κ2) is 14.0. The van der Waals surface area contributed by atoms with E-state index in [-0.39, 0.29) is 12.5 Å². The normalized spacial score (nSPS) is 16.5. The molecule has 2 aromatic rings. The molecular weight excluding hydrogens is 532 g/mol. The van der Waals surface area contributed by atoms with Crippen molar-refractivity contribution in [3.63, 3.8) is 0 Å². The summed E-state index contributed by atoms with van der Waals surface area (Å²) in [6.45, 7) is 18.2. The van der Waals surface area contributed by atoms with Gasteiger partial charge in [0.2, 0.25) is 5.83 Å². The van der Waals surface area contributed by atoms with Gasteiger partial charge in [0.25, 0.3) is 0 Å². The number of aromatic nitrogens is 3. The zero-order valence-electron chi connectivity index (χ0n) is 24.9. The van der Waals surface area contributed by atoms with Gasteiger partial charge < -0.3 is 19.1 Å². The van der Waals surface area contributed by atoms with Gasteiger partial charge in [0, 0.05) is 53.1 Å². The van der Waals surface area contributed by atoms with Gasteiger partial charge in [-0.15, -0.1) is 0 Å². The van der Waals surface area contributed by atoms with Crippen LogP contribution in [0, 0.1) is 0 Å². The van der Waals surface area contributed by atoms with Crippen LogP contribution in [-0.4, -0.2) is 70.0 Å². The molecule has 0 radical (unpaired) electrons. The Balaban J connectivity index is 1.80. The highest BCUT2D eigenvalue weighted by Crippen LogP contribution is 2.37. The summed E-state index contributed by atoms with van der Waals surface area (Å²) in [5, 5.41) is 4.54. The maximum Gasteiger partial charge on any atom is 0.367 e. The van der Waals surface area contributed by atoms with Gasteiger partial charge in [-0.3, -0.25) is 0 Å². The van der Waals surface area contributed by atoms with Crippen molar-refractivity contribution in [3.05, 3.63) is 35.4 Å². The lowest BCUT2D eigenvalue weighted by atomic mass is 9.83. The fourth-order valence-electron chi connectivity index (χ4n) is 4.45. The van der Waals surface area contributed by atoms with Crippen LogP contribution in [0.15, 0.2) is 29.7 Å². The number of anilines is 1. The molecule has 2 aromatic heterocycles. The summed E-state index contributed by atoms with van der Waals surface area (Å²) in [4.78, 5) is 18.8. The molecule has 0 unspecified atom stereocenters. The molecule has 0 bridgehead atoms. The number of esters is 1. The van der Waals surface area contributed by atoms with Gasteiger partial charge in [0.05, 0.1) is 12.8 Å². The zero-order chi connectivity index (χ0) is 28.6. The molecule has 1 saturated carbocycles. The van der Waals surface area contributed by atoms with E-state index >= 15 is 0 Å². The lowest BCUT2D eigenvalue weighted by Crippen LogP contribution is -2.33. The number of carbonyl (C=O) groups is 1. The maximum atomic E-state index is 14.5. The van der Waals surface area contributed by atoms with Crippen LogP contribution >= 0.6 is 0 Å². The van der Waals surface area contributed by atoms with Crippen molar-refractivity contribution >= 4 is 33.6 Å². The molecule has 0 saturated heterocycles. The monoisotopic (exact) mass is 578 g/mol. The van der Waals surface area contributed by atoms with Crippen molar-refractivity contribution in [1.82, 2.24) is 14.6 Å². The van der Waals surface area contributed by atoms with Crippen molar-refractivity contribution in [2.45, 2.75) is 89.9 Å². The maximum absolute atomic E-state index is 14.5. The molecule has 11 heteroatoms. The third kappa shape index (κ3) is 9.80. The van der Waals surface area contributed by atoms with E-state index in [1.165, 1.54) is 0 Å². The highest BCUT2D eigenvalue weighted by Gasteiger charge is 2.26. The van der Waals surface area contributed by atoms with E-state index in [9.17, 15) is 9.18 Å².